The Kier molecular flexibility index (Phi) is 5.79. The summed E-state index contributed by atoms with van der Waals surface area (Å²) in [5.41, 5.74) is 0. The van der Waals surface area contributed by atoms with Crippen LogP contribution in [0.4, 0.5) is 0 Å². The maximum atomic E-state index is 5.24. The van der Waals surface area contributed by atoms with E-state index >= 15 is 0 Å². The minimum Gasteiger partial charge on any atom is -0.486 e. The summed E-state index contributed by atoms with van der Waals surface area (Å²) < 4.78 is 6.29. The highest BCUT2D eigenvalue weighted by Gasteiger charge is 2.11. The van der Waals surface area contributed by atoms with E-state index < -0.39 is 0 Å². The van der Waals surface area contributed by atoms with Gasteiger partial charge in [0, 0.05) is 17.5 Å². The Hall–Kier alpha value is -0.0600. The zero-order valence-corrected chi connectivity index (χ0v) is 12.7. The van der Waals surface area contributed by atoms with E-state index in [1.54, 1.807) is 18.4 Å². The predicted octanol–water partition coefficient (Wildman–Crippen LogP) is 4.04. The van der Waals surface area contributed by atoms with E-state index in [2.05, 4.69) is 48.1 Å². The van der Waals surface area contributed by atoms with Crippen molar-refractivity contribution in [2.75, 3.05) is 7.11 Å². The van der Waals surface area contributed by atoms with Gasteiger partial charge in [0.05, 0.1) is 11.6 Å². The second kappa shape index (κ2) is 6.62. The molecule has 1 aromatic rings. The van der Waals surface area contributed by atoms with E-state index in [1.165, 1.54) is 11.3 Å². The standard InChI is InChI=1S/C12H20BrNOS/c1-5-8(2)9(3)14-7-10-6-11(13)12(15-4)16-10/h6,8-9,14H,5,7H2,1-4H3. The van der Waals surface area contributed by atoms with Crippen LogP contribution in [0, 0.1) is 5.92 Å². The first-order valence-electron chi connectivity index (χ1n) is 5.64. The zero-order valence-electron chi connectivity index (χ0n) is 10.3. The quantitative estimate of drug-likeness (QED) is 0.856. The average Bonchev–Trinajstić information content (AvgIpc) is 2.65. The highest BCUT2D eigenvalue weighted by atomic mass is 79.9. The van der Waals surface area contributed by atoms with Crippen molar-refractivity contribution in [2.24, 2.45) is 5.92 Å². The fourth-order valence-electron chi connectivity index (χ4n) is 1.44. The Morgan fingerprint density at radius 2 is 2.19 bits per heavy atom. The molecule has 2 atom stereocenters. The van der Waals surface area contributed by atoms with Crippen molar-refractivity contribution >= 4 is 27.3 Å². The molecule has 0 radical (unpaired) electrons. The first-order chi connectivity index (χ1) is 7.58. The number of thiophene rings is 1. The second-order valence-corrected chi connectivity index (χ2v) is 6.06. The van der Waals surface area contributed by atoms with Crippen LogP contribution < -0.4 is 10.1 Å². The van der Waals surface area contributed by atoms with Gasteiger partial charge in [-0.25, -0.2) is 0 Å². The maximum Gasteiger partial charge on any atom is 0.188 e. The lowest BCUT2D eigenvalue weighted by atomic mass is 10.0. The molecule has 0 aliphatic rings. The molecule has 0 aliphatic carbocycles. The fourth-order valence-corrected chi connectivity index (χ4v) is 3.08. The Morgan fingerprint density at radius 3 is 2.69 bits per heavy atom. The molecule has 0 amide bonds. The maximum absolute atomic E-state index is 5.24. The van der Waals surface area contributed by atoms with E-state index in [9.17, 15) is 0 Å². The van der Waals surface area contributed by atoms with Gasteiger partial charge in [-0.3, -0.25) is 0 Å². The van der Waals surface area contributed by atoms with Gasteiger partial charge in [0.1, 0.15) is 0 Å². The summed E-state index contributed by atoms with van der Waals surface area (Å²) in [7, 11) is 1.70. The van der Waals surface area contributed by atoms with E-state index in [0.717, 1.165) is 16.1 Å². The van der Waals surface area contributed by atoms with Crippen molar-refractivity contribution < 1.29 is 4.74 Å². The van der Waals surface area contributed by atoms with Crippen molar-refractivity contribution in [3.05, 3.63) is 15.4 Å². The summed E-state index contributed by atoms with van der Waals surface area (Å²) in [6.07, 6.45) is 1.21. The third-order valence-electron chi connectivity index (χ3n) is 2.99. The van der Waals surface area contributed by atoms with Gasteiger partial charge in [0.2, 0.25) is 0 Å². The van der Waals surface area contributed by atoms with Crippen molar-refractivity contribution in [3.63, 3.8) is 0 Å². The first kappa shape index (κ1) is 14.0. The van der Waals surface area contributed by atoms with Crippen LogP contribution in [0.15, 0.2) is 10.5 Å². The number of nitrogens with one attached hydrogen (secondary N) is 1. The molecule has 2 nitrogen and oxygen atoms in total. The summed E-state index contributed by atoms with van der Waals surface area (Å²) in [6.45, 7) is 7.67. The molecule has 0 bridgehead atoms. The van der Waals surface area contributed by atoms with Crippen LogP contribution in [-0.4, -0.2) is 13.2 Å². The lowest BCUT2D eigenvalue weighted by Crippen LogP contribution is -2.30. The van der Waals surface area contributed by atoms with Gasteiger partial charge >= 0.3 is 0 Å². The monoisotopic (exact) mass is 305 g/mol. The molecule has 0 aromatic carbocycles. The fraction of sp³-hybridized carbons (Fsp3) is 0.667. The number of halogens is 1. The topological polar surface area (TPSA) is 21.3 Å². The molecule has 0 spiro atoms. The summed E-state index contributed by atoms with van der Waals surface area (Å²) in [6, 6.07) is 2.68. The van der Waals surface area contributed by atoms with Crippen molar-refractivity contribution in [1.82, 2.24) is 5.32 Å². The Balaban J connectivity index is 2.48. The van der Waals surface area contributed by atoms with Crippen LogP contribution in [0.2, 0.25) is 0 Å². The molecule has 0 saturated heterocycles. The van der Waals surface area contributed by atoms with E-state index in [1.807, 2.05) is 0 Å². The van der Waals surface area contributed by atoms with Crippen molar-refractivity contribution in [1.29, 1.82) is 0 Å². The molecular weight excluding hydrogens is 286 g/mol. The molecule has 2 unspecified atom stereocenters. The number of hydrogen-bond acceptors (Lipinski definition) is 3. The van der Waals surface area contributed by atoms with Gasteiger partial charge in [-0.2, -0.15) is 0 Å². The first-order valence-corrected chi connectivity index (χ1v) is 7.25. The summed E-state index contributed by atoms with van der Waals surface area (Å²) in [5, 5.41) is 4.50. The minimum absolute atomic E-state index is 0.553. The second-order valence-electron chi connectivity index (χ2n) is 4.11. The summed E-state index contributed by atoms with van der Waals surface area (Å²) in [4.78, 5) is 1.30. The van der Waals surface area contributed by atoms with Gasteiger partial charge in [-0.1, -0.05) is 20.3 Å². The van der Waals surface area contributed by atoms with Gasteiger partial charge in [0.25, 0.3) is 0 Å². The van der Waals surface area contributed by atoms with E-state index in [-0.39, 0.29) is 0 Å². The SMILES string of the molecule is CCC(C)C(C)NCc1cc(Br)c(OC)s1. The molecule has 1 N–H and O–H groups in total. The largest absolute Gasteiger partial charge is 0.486 e. The molecule has 1 rings (SSSR count). The van der Waals surface area contributed by atoms with Gasteiger partial charge in [0.15, 0.2) is 5.06 Å². The molecule has 1 aromatic heterocycles. The van der Waals surface area contributed by atoms with Crippen molar-refractivity contribution in [3.8, 4) is 5.06 Å². The van der Waals surface area contributed by atoms with Crippen LogP contribution >= 0.6 is 27.3 Å². The van der Waals surface area contributed by atoms with Crippen molar-refractivity contribution in [2.45, 2.75) is 39.8 Å². The lowest BCUT2D eigenvalue weighted by molar-refractivity contribution is 0.390. The van der Waals surface area contributed by atoms with Gasteiger partial charge in [-0.05, 0) is 34.8 Å². The molecule has 0 saturated carbocycles. The molecule has 1 heterocycles. The third-order valence-corrected chi connectivity index (χ3v) is 4.94. The zero-order chi connectivity index (χ0) is 12.1. The molecule has 16 heavy (non-hydrogen) atoms. The highest BCUT2D eigenvalue weighted by molar-refractivity contribution is 9.10. The summed E-state index contributed by atoms with van der Waals surface area (Å²) in [5.74, 6) is 0.713. The summed E-state index contributed by atoms with van der Waals surface area (Å²) >= 11 is 5.17. The molecule has 0 fully saturated rings. The average molecular weight is 306 g/mol. The Labute approximate surface area is 111 Å². The highest BCUT2D eigenvalue weighted by Crippen LogP contribution is 2.34. The van der Waals surface area contributed by atoms with Crippen LogP contribution in [0.3, 0.4) is 0 Å². The van der Waals surface area contributed by atoms with Crippen LogP contribution in [0.5, 0.6) is 5.06 Å². The van der Waals surface area contributed by atoms with Crippen LogP contribution in [0.1, 0.15) is 32.1 Å². The number of hydrogen-bond donors (Lipinski definition) is 1. The molecule has 0 aliphatic heterocycles. The minimum atomic E-state index is 0.553. The Morgan fingerprint density at radius 1 is 1.50 bits per heavy atom. The van der Waals surface area contributed by atoms with Gasteiger partial charge in [-0.15, -0.1) is 11.3 Å². The molecular formula is C12H20BrNOS. The van der Waals surface area contributed by atoms with E-state index in [4.69, 9.17) is 4.74 Å². The normalized spacial score (nSPS) is 14.8. The van der Waals surface area contributed by atoms with Gasteiger partial charge < -0.3 is 10.1 Å². The van der Waals surface area contributed by atoms with Crippen LogP contribution in [0.25, 0.3) is 0 Å². The molecule has 4 heteroatoms. The van der Waals surface area contributed by atoms with Crippen LogP contribution in [-0.2, 0) is 6.54 Å². The molecule has 92 valence electrons. The third kappa shape index (κ3) is 3.75. The predicted molar refractivity (Wildman–Crippen MR) is 74.3 cm³/mol. The Bertz CT molecular complexity index is 327. The lowest BCUT2D eigenvalue weighted by Gasteiger charge is -2.19. The smallest absolute Gasteiger partial charge is 0.188 e. The number of rotatable bonds is 6. The number of ether oxygens (including phenoxy) is 1. The number of methoxy groups -OCH3 is 1. The van der Waals surface area contributed by atoms with E-state index in [0.29, 0.717) is 12.0 Å².